The van der Waals surface area contributed by atoms with Crippen molar-refractivity contribution in [1.82, 2.24) is 10.2 Å². The molecule has 4 heteroatoms. The Morgan fingerprint density at radius 2 is 1.81 bits per heavy atom. The van der Waals surface area contributed by atoms with E-state index in [1.165, 1.54) is 5.56 Å². The van der Waals surface area contributed by atoms with Crippen LogP contribution in [0.15, 0.2) is 54.6 Å². The Morgan fingerprint density at radius 3 is 2.52 bits per heavy atom. The molecule has 0 unspecified atom stereocenters. The molecule has 2 aromatic carbocycles. The summed E-state index contributed by atoms with van der Waals surface area (Å²) < 4.78 is 0. The molecule has 1 heterocycles. The molecule has 0 spiro atoms. The van der Waals surface area contributed by atoms with Crippen LogP contribution in [0.1, 0.15) is 31.7 Å². The predicted molar refractivity (Wildman–Crippen MR) is 108 cm³/mol. The van der Waals surface area contributed by atoms with Crippen molar-refractivity contribution in [3.8, 4) is 11.1 Å². The van der Waals surface area contributed by atoms with Crippen molar-refractivity contribution < 1.29 is 9.59 Å². The summed E-state index contributed by atoms with van der Waals surface area (Å²) in [6, 6.07) is 18.7. The van der Waals surface area contributed by atoms with E-state index in [0.29, 0.717) is 19.4 Å². The van der Waals surface area contributed by atoms with E-state index >= 15 is 0 Å². The van der Waals surface area contributed by atoms with Gasteiger partial charge in [-0.3, -0.25) is 9.59 Å². The molecule has 2 amide bonds. The van der Waals surface area contributed by atoms with E-state index in [4.69, 9.17) is 0 Å². The van der Waals surface area contributed by atoms with Gasteiger partial charge in [0.05, 0.1) is 5.41 Å². The molecule has 0 saturated carbocycles. The van der Waals surface area contributed by atoms with Gasteiger partial charge in [-0.2, -0.15) is 0 Å². The third-order valence-corrected chi connectivity index (χ3v) is 5.52. The molecular weight excluding hydrogens is 336 g/mol. The number of hydrogen-bond donors (Lipinski definition) is 1. The SMILES string of the molecule is CCC(=O)N1CCC[C@](Cc2cccc(-c3ccccc3)c2)(C(=O)NC)C1. The molecule has 1 atom stereocenters. The number of hydrogen-bond acceptors (Lipinski definition) is 2. The first-order chi connectivity index (χ1) is 13.1. The van der Waals surface area contributed by atoms with Crippen LogP contribution in [0.3, 0.4) is 0 Å². The average Bonchev–Trinajstić information content (AvgIpc) is 2.73. The van der Waals surface area contributed by atoms with E-state index in [2.05, 4.69) is 35.6 Å². The second-order valence-corrected chi connectivity index (χ2v) is 7.38. The lowest BCUT2D eigenvalue weighted by Crippen LogP contribution is -2.53. The van der Waals surface area contributed by atoms with Crippen molar-refractivity contribution in [2.75, 3.05) is 20.1 Å². The van der Waals surface area contributed by atoms with E-state index in [9.17, 15) is 9.59 Å². The zero-order valence-corrected chi connectivity index (χ0v) is 16.2. The number of piperidine rings is 1. The Bertz CT molecular complexity index is 803. The Balaban J connectivity index is 1.89. The van der Waals surface area contributed by atoms with E-state index in [0.717, 1.165) is 30.5 Å². The van der Waals surface area contributed by atoms with Crippen molar-refractivity contribution in [1.29, 1.82) is 0 Å². The molecule has 1 aliphatic rings. The van der Waals surface area contributed by atoms with Crippen LogP contribution >= 0.6 is 0 Å². The zero-order chi connectivity index (χ0) is 19.3. The Labute approximate surface area is 161 Å². The fourth-order valence-electron chi connectivity index (χ4n) is 4.13. The van der Waals surface area contributed by atoms with Gasteiger partial charge in [-0.15, -0.1) is 0 Å². The summed E-state index contributed by atoms with van der Waals surface area (Å²) in [6.07, 6.45) is 2.78. The summed E-state index contributed by atoms with van der Waals surface area (Å²) in [5, 5.41) is 2.84. The van der Waals surface area contributed by atoms with E-state index < -0.39 is 5.41 Å². The minimum atomic E-state index is -0.562. The molecule has 0 radical (unpaired) electrons. The highest BCUT2D eigenvalue weighted by atomic mass is 16.2. The lowest BCUT2D eigenvalue weighted by atomic mass is 9.74. The third-order valence-electron chi connectivity index (χ3n) is 5.52. The fraction of sp³-hybridized carbons (Fsp3) is 0.391. The molecule has 1 saturated heterocycles. The van der Waals surface area contributed by atoms with Gasteiger partial charge in [-0.1, -0.05) is 61.5 Å². The maximum Gasteiger partial charge on any atom is 0.228 e. The van der Waals surface area contributed by atoms with Gasteiger partial charge >= 0.3 is 0 Å². The molecule has 4 nitrogen and oxygen atoms in total. The maximum atomic E-state index is 12.9. The van der Waals surface area contributed by atoms with Crippen LogP contribution in [-0.4, -0.2) is 36.9 Å². The second-order valence-electron chi connectivity index (χ2n) is 7.38. The minimum Gasteiger partial charge on any atom is -0.359 e. The highest BCUT2D eigenvalue weighted by molar-refractivity contribution is 5.85. The van der Waals surface area contributed by atoms with Gasteiger partial charge < -0.3 is 10.2 Å². The summed E-state index contributed by atoms with van der Waals surface area (Å²) in [7, 11) is 1.69. The summed E-state index contributed by atoms with van der Waals surface area (Å²) in [4.78, 5) is 27.0. The van der Waals surface area contributed by atoms with Crippen LogP contribution in [0, 0.1) is 5.41 Å². The summed E-state index contributed by atoms with van der Waals surface area (Å²) in [6.45, 7) is 3.12. The Morgan fingerprint density at radius 1 is 1.07 bits per heavy atom. The Hall–Kier alpha value is -2.62. The molecular formula is C23H28N2O2. The standard InChI is InChI=1S/C23H28N2O2/c1-3-21(26)25-14-8-13-23(17-25,22(27)24-2)16-18-9-7-12-20(15-18)19-10-5-4-6-11-19/h4-7,9-12,15H,3,8,13-14,16-17H2,1-2H3,(H,24,27)/t23-/m1/s1. The lowest BCUT2D eigenvalue weighted by molar-refractivity contribution is -0.141. The van der Waals surface area contributed by atoms with Crippen molar-refractivity contribution in [3.63, 3.8) is 0 Å². The van der Waals surface area contributed by atoms with Crippen LogP contribution in [0.5, 0.6) is 0 Å². The molecule has 1 N–H and O–H groups in total. The molecule has 142 valence electrons. The van der Waals surface area contributed by atoms with Crippen LogP contribution in [0.4, 0.5) is 0 Å². The average molecular weight is 364 g/mol. The van der Waals surface area contributed by atoms with Crippen LogP contribution < -0.4 is 5.32 Å². The molecule has 0 aromatic heterocycles. The number of carbonyl (C=O) groups is 2. The van der Waals surface area contributed by atoms with Gasteiger partial charge in [0.15, 0.2) is 0 Å². The van der Waals surface area contributed by atoms with Gasteiger partial charge in [0.1, 0.15) is 0 Å². The largest absolute Gasteiger partial charge is 0.359 e. The van der Waals surface area contributed by atoms with Crippen LogP contribution in [0.25, 0.3) is 11.1 Å². The number of amides is 2. The van der Waals surface area contributed by atoms with Crippen molar-refractivity contribution >= 4 is 11.8 Å². The highest BCUT2D eigenvalue weighted by Gasteiger charge is 2.42. The topological polar surface area (TPSA) is 49.4 Å². The number of likely N-dealkylation sites (tertiary alicyclic amines) is 1. The maximum absolute atomic E-state index is 12.9. The number of carbonyl (C=O) groups excluding carboxylic acids is 2. The first kappa shape index (κ1) is 19.2. The van der Waals surface area contributed by atoms with E-state index in [1.54, 1.807) is 7.05 Å². The van der Waals surface area contributed by atoms with Crippen molar-refractivity contribution in [3.05, 3.63) is 60.2 Å². The first-order valence-electron chi connectivity index (χ1n) is 9.72. The highest BCUT2D eigenvalue weighted by Crippen LogP contribution is 2.35. The van der Waals surface area contributed by atoms with Gasteiger partial charge in [-0.25, -0.2) is 0 Å². The molecule has 1 fully saturated rings. The quantitative estimate of drug-likeness (QED) is 0.880. The van der Waals surface area contributed by atoms with Crippen LogP contribution in [-0.2, 0) is 16.0 Å². The van der Waals surface area contributed by atoms with Gasteiger partial charge in [-0.05, 0) is 36.0 Å². The number of nitrogens with zero attached hydrogens (tertiary/aromatic N) is 1. The normalized spacial score (nSPS) is 19.6. The fourth-order valence-corrected chi connectivity index (χ4v) is 4.13. The second kappa shape index (κ2) is 8.38. The summed E-state index contributed by atoms with van der Waals surface area (Å²) in [5.74, 6) is 0.155. The molecule has 2 aromatic rings. The minimum absolute atomic E-state index is 0.0289. The predicted octanol–water partition coefficient (Wildman–Crippen LogP) is 3.66. The number of nitrogens with one attached hydrogen (secondary N) is 1. The van der Waals surface area contributed by atoms with Crippen LogP contribution in [0.2, 0.25) is 0 Å². The summed E-state index contributed by atoms with van der Waals surface area (Å²) in [5.41, 5.74) is 2.88. The monoisotopic (exact) mass is 364 g/mol. The van der Waals surface area contributed by atoms with E-state index in [1.807, 2.05) is 36.1 Å². The number of benzene rings is 2. The van der Waals surface area contributed by atoms with Gasteiger partial charge in [0, 0.05) is 26.6 Å². The molecule has 0 aliphatic carbocycles. The van der Waals surface area contributed by atoms with Crippen molar-refractivity contribution in [2.45, 2.75) is 32.6 Å². The van der Waals surface area contributed by atoms with Gasteiger partial charge in [0.25, 0.3) is 0 Å². The molecule has 3 rings (SSSR count). The molecule has 27 heavy (non-hydrogen) atoms. The zero-order valence-electron chi connectivity index (χ0n) is 16.2. The van der Waals surface area contributed by atoms with E-state index in [-0.39, 0.29) is 11.8 Å². The van der Waals surface area contributed by atoms with Gasteiger partial charge in [0.2, 0.25) is 11.8 Å². The first-order valence-corrected chi connectivity index (χ1v) is 9.72. The lowest BCUT2D eigenvalue weighted by Gasteiger charge is -2.41. The number of rotatable bonds is 5. The Kier molecular flexibility index (Phi) is 5.94. The molecule has 0 bridgehead atoms. The third kappa shape index (κ3) is 4.21. The van der Waals surface area contributed by atoms with Crippen molar-refractivity contribution in [2.24, 2.45) is 5.41 Å². The summed E-state index contributed by atoms with van der Waals surface area (Å²) >= 11 is 0. The molecule has 1 aliphatic heterocycles. The smallest absolute Gasteiger partial charge is 0.228 e.